The maximum atomic E-state index is 12.8. The lowest BCUT2D eigenvalue weighted by Gasteiger charge is -2.16. The fourth-order valence-corrected chi connectivity index (χ4v) is 3.35. The van der Waals surface area contributed by atoms with E-state index >= 15 is 0 Å². The lowest BCUT2D eigenvalue weighted by molar-refractivity contribution is -0.116. The maximum Gasteiger partial charge on any atom is 0.241 e. The molecule has 0 radical (unpaired) electrons. The Morgan fingerprint density at radius 3 is 2.55 bits per heavy atom. The molecular weight excluding hydrogens is 320 g/mol. The summed E-state index contributed by atoms with van der Waals surface area (Å²) in [7, 11) is 1.63. The number of aryl methyl sites for hydroxylation is 1. The van der Waals surface area contributed by atoms with Gasteiger partial charge in [-0.25, -0.2) is 0 Å². The number of amides is 1. The van der Waals surface area contributed by atoms with E-state index in [1.165, 1.54) is 16.2 Å². The molecule has 2 N–H and O–H groups in total. The predicted molar refractivity (Wildman–Crippen MR) is 91.0 cm³/mol. The van der Waals surface area contributed by atoms with E-state index in [4.69, 9.17) is 17.3 Å². The third kappa shape index (κ3) is 3.21. The molecule has 0 aliphatic carbocycles. The van der Waals surface area contributed by atoms with Crippen LogP contribution < -0.4 is 10.6 Å². The van der Waals surface area contributed by atoms with Crippen LogP contribution in [0.15, 0.2) is 30.3 Å². The number of nitrogens with zero attached hydrogens (tertiary/aromatic N) is 1. The van der Waals surface area contributed by atoms with Crippen molar-refractivity contribution in [3.8, 4) is 0 Å². The second kappa shape index (κ2) is 7.05. The number of hydrogen-bond acceptors (Lipinski definition) is 4. The predicted octanol–water partition coefficient (Wildman–Crippen LogP) is 3.12. The second-order valence-corrected chi connectivity index (χ2v) is 6.27. The van der Waals surface area contributed by atoms with Crippen molar-refractivity contribution in [2.45, 2.75) is 13.3 Å². The van der Waals surface area contributed by atoms with Gasteiger partial charge in [0.05, 0.1) is 17.1 Å². The highest BCUT2D eigenvalue weighted by atomic mass is 35.5. The van der Waals surface area contributed by atoms with Crippen molar-refractivity contribution in [3.05, 3.63) is 51.4 Å². The number of rotatable bonds is 5. The summed E-state index contributed by atoms with van der Waals surface area (Å²) in [5, 5.41) is 1.01. The van der Waals surface area contributed by atoms with E-state index in [0.29, 0.717) is 21.2 Å². The van der Waals surface area contributed by atoms with Crippen LogP contribution in [0.5, 0.6) is 0 Å². The molecule has 0 saturated heterocycles. The highest BCUT2D eigenvalue weighted by Gasteiger charge is 2.23. The fourth-order valence-electron chi connectivity index (χ4n) is 2.06. The molecule has 1 aromatic carbocycles. The van der Waals surface area contributed by atoms with E-state index < -0.39 is 0 Å². The first kappa shape index (κ1) is 16.7. The second-order valence-electron chi connectivity index (χ2n) is 4.75. The number of carbonyl (C=O) groups is 2. The van der Waals surface area contributed by atoms with Crippen LogP contribution in [0.25, 0.3) is 0 Å². The minimum Gasteiger partial charge on any atom is -0.322 e. The van der Waals surface area contributed by atoms with Gasteiger partial charge < -0.3 is 10.6 Å². The van der Waals surface area contributed by atoms with Crippen molar-refractivity contribution in [1.82, 2.24) is 0 Å². The van der Waals surface area contributed by atoms with Crippen molar-refractivity contribution >= 4 is 39.6 Å². The van der Waals surface area contributed by atoms with Crippen LogP contribution in [0.2, 0.25) is 5.02 Å². The van der Waals surface area contributed by atoms with Gasteiger partial charge in [-0.3, -0.25) is 9.59 Å². The molecule has 0 aliphatic heterocycles. The van der Waals surface area contributed by atoms with Crippen LogP contribution in [-0.2, 0) is 11.2 Å². The number of ketones is 1. The number of hydrogen-bond donors (Lipinski definition) is 1. The zero-order valence-corrected chi connectivity index (χ0v) is 14.0. The summed E-state index contributed by atoms with van der Waals surface area (Å²) in [4.78, 5) is 27.1. The van der Waals surface area contributed by atoms with Crippen LogP contribution >= 0.6 is 22.9 Å². The minimum atomic E-state index is -0.238. The first-order valence-corrected chi connectivity index (χ1v) is 8.07. The third-order valence-electron chi connectivity index (χ3n) is 3.33. The molecule has 0 fully saturated rings. The van der Waals surface area contributed by atoms with Gasteiger partial charge in [0.2, 0.25) is 5.91 Å². The highest BCUT2D eigenvalue weighted by molar-refractivity contribution is 7.16. The van der Waals surface area contributed by atoms with Crippen molar-refractivity contribution in [2.24, 2.45) is 5.73 Å². The van der Waals surface area contributed by atoms with Crippen molar-refractivity contribution in [1.29, 1.82) is 0 Å². The van der Waals surface area contributed by atoms with Gasteiger partial charge >= 0.3 is 0 Å². The molecule has 0 bridgehead atoms. The first-order chi connectivity index (χ1) is 10.5. The lowest BCUT2D eigenvalue weighted by atomic mass is 10.0. The summed E-state index contributed by atoms with van der Waals surface area (Å²) in [5.41, 5.74) is 6.33. The monoisotopic (exact) mass is 336 g/mol. The molecule has 2 aromatic rings. The molecule has 6 heteroatoms. The van der Waals surface area contributed by atoms with E-state index in [0.717, 1.165) is 11.3 Å². The Balaban J connectivity index is 2.50. The number of likely N-dealkylation sites (N-methyl/N-ethyl adjacent to an activating group) is 1. The van der Waals surface area contributed by atoms with Crippen LogP contribution in [0.4, 0.5) is 5.00 Å². The van der Waals surface area contributed by atoms with Crippen LogP contribution in [-0.4, -0.2) is 25.3 Å². The minimum absolute atomic E-state index is 0.102. The molecule has 2 rings (SSSR count). The van der Waals surface area contributed by atoms with Gasteiger partial charge in [0.1, 0.15) is 5.00 Å². The zero-order valence-electron chi connectivity index (χ0n) is 12.4. The SMILES string of the molecule is CCc1cc(C(=O)c2ccccc2Cl)c(N(C)C(=O)CN)s1. The lowest BCUT2D eigenvalue weighted by Crippen LogP contribution is -2.32. The van der Waals surface area contributed by atoms with Gasteiger partial charge in [-0.05, 0) is 24.6 Å². The molecule has 0 atom stereocenters. The number of thiophene rings is 1. The Morgan fingerprint density at radius 2 is 1.95 bits per heavy atom. The summed E-state index contributed by atoms with van der Waals surface area (Å²) < 4.78 is 0. The number of anilines is 1. The first-order valence-electron chi connectivity index (χ1n) is 6.88. The third-order valence-corrected chi connectivity index (χ3v) is 5.01. The zero-order chi connectivity index (χ0) is 16.3. The van der Waals surface area contributed by atoms with Crippen molar-refractivity contribution < 1.29 is 9.59 Å². The highest BCUT2D eigenvalue weighted by Crippen LogP contribution is 2.34. The molecule has 0 aliphatic rings. The molecular formula is C16H17ClN2O2S. The number of carbonyl (C=O) groups excluding carboxylic acids is 2. The van der Waals surface area contributed by atoms with E-state index in [2.05, 4.69) is 0 Å². The maximum absolute atomic E-state index is 12.8. The summed E-state index contributed by atoms with van der Waals surface area (Å²) in [5.74, 6) is -0.425. The average Bonchev–Trinajstić information content (AvgIpc) is 2.97. The Kier molecular flexibility index (Phi) is 5.34. The topological polar surface area (TPSA) is 63.4 Å². The quantitative estimate of drug-likeness (QED) is 0.853. The summed E-state index contributed by atoms with van der Waals surface area (Å²) >= 11 is 7.54. The van der Waals surface area contributed by atoms with Crippen molar-refractivity contribution in [2.75, 3.05) is 18.5 Å². The summed E-state index contributed by atoms with van der Waals surface area (Å²) in [6, 6.07) is 8.72. The van der Waals surface area contributed by atoms with Crippen LogP contribution in [0.1, 0.15) is 27.7 Å². The Morgan fingerprint density at radius 1 is 1.27 bits per heavy atom. The molecule has 4 nitrogen and oxygen atoms in total. The van der Waals surface area contributed by atoms with E-state index in [1.807, 2.05) is 13.0 Å². The van der Waals surface area contributed by atoms with Gasteiger partial charge in [0, 0.05) is 17.5 Å². The molecule has 22 heavy (non-hydrogen) atoms. The van der Waals surface area contributed by atoms with E-state index in [1.54, 1.807) is 31.3 Å². The Labute approximate surface area is 138 Å². The fraction of sp³-hybridized carbons (Fsp3) is 0.250. The molecule has 1 amide bonds. The Bertz CT molecular complexity index is 712. The molecule has 116 valence electrons. The number of benzene rings is 1. The van der Waals surface area contributed by atoms with Gasteiger partial charge in [0.25, 0.3) is 0 Å². The molecule has 0 spiro atoms. The van der Waals surface area contributed by atoms with Gasteiger partial charge in [-0.1, -0.05) is 30.7 Å². The molecule has 0 unspecified atom stereocenters. The largest absolute Gasteiger partial charge is 0.322 e. The Hall–Kier alpha value is -1.69. The number of halogens is 1. The normalized spacial score (nSPS) is 10.5. The van der Waals surface area contributed by atoms with Crippen molar-refractivity contribution in [3.63, 3.8) is 0 Å². The van der Waals surface area contributed by atoms with Gasteiger partial charge in [0.15, 0.2) is 5.78 Å². The molecule has 0 saturated carbocycles. The standard InChI is InChI=1S/C16H17ClN2O2S/c1-3-10-8-12(16(22-10)19(2)14(20)9-18)15(21)11-6-4-5-7-13(11)17/h4-8H,3,9,18H2,1-2H3. The van der Waals surface area contributed by atoms with E-state index in [-0.39, 0.29) is 18.2 Å². The van der Waals surface area contributed by atoms with Gasteiger partial charge in [-0.2, -0.15) is 0 Å². The average molecular weight is 337 g/mol. The van der Waals surface area contributed by atoms with E-state index in [9.17, 15) is 9.59 Å². The van der Waals surface area contributed by atoms with Gasteiger partial charge in [-0.15, -0.1) is 11.3 Å². The van der Waals surface area contributed by atoms with Crippen LogP contribution in [0, 0.1) is 0 Å². The molecule has 1 aromatic heterocycles. The summed E-state index contributed by atoms with van der Waals surface area (Å²) in [6.45, 7) is 1.90. The number of nitrogens with two attached hydrogens (primary N) is 1. The van der Waals surface area contributed by atoms with Crippen LogP contribution in [0.3, 0.4) is 0 Å². The smallest absolute Gasteiger partial charge is 0.241 e. The summed E-state index contributed by atoms with van der Waals surface area (Å²) in [6.07, 6.45) is 0.790. The molecule has 1 heterocycles.